The molecule has 36 heteroatoms. The summed E-state index contributed by atoms with van der Waals surface area (Å²) in [6.07, 6.45) is -4.39. The molecule has 0 saturated carbocycles. The van der Waals surface area contributed by atoms with E-state index in [1.165, 1.54) is 0 Å². The third-order valence-electron chi connectivity index (χ3n) is 14.5. The van der Waals surface area contributed by atoms with E-state index < -0.39 is 146 Å². The lowest BCUT2D eigenvalue weighted by atomic mass is 10.1. The Morgan fingerprint density at radius 1 is 0.245 bits per heavy atom. The summed E-state index contributed by atoms with van der Waals surface area (Å²) in [7, 11) is -3.77. The predicted molar refractivity (Wildman–Crippen MR) is 453 cm³/mol. The highest BCUT2D eigenvalue weighted by molar-refractivity contribution is 8.57. The smallest absolute Gasteiger partial charge is 0.389 e. The Balaban J connectivity index is 7.63. The summed E-state index contributed by atoms with van der Waals surface area (Å²) >= 11 is 4.98. The van der Waals surface area contributed by atoms with Crippen LogP contribution in [0.25, 0.3) is 0 Å². The standard InChI is InChI=1S/C70H147O23P7S6/c1-48(2)35-57(18)80-94(73,81-58(19)36-49(3)4)33-31-56(17)82-96(75,91-67(28)45-103-97(76,83-59(20)37-50(5)6)84-60(21)38-51(7)8)102-43-65(26)89-95(74,101-34-32-70(71)72)90-66(27)44-106-100(79,92-68(29)46-104-98(77,85-61(22)39-52(9)10)86-62(23)40-53(11)12)93-69(30)47-105-99(78,87-63(24)41-54(13)14)88-64(25)42-55(15)16/h48-69H,31-47H2,1-30H3,(H,71,72). The lowest BCUT2D eigenvalue weighted by Gasteiger charge is -2.30. The van der Waals surface area contributed by atoms with Gasteiger partial charge in [-0.3, -0.25) is 63.6 Å². The maximum atomic E-state index is 15.5. The second-order valence-electron chi connectivity index (χ2n) is 32.1. The normalized spacial score (nSPS) is 20.9. The van der Waals surface area contributed by atoms with Crippen LogP contribution in [0, 0.1) is 47.3 Å². The Labute approximate surface area is 668 Å². The second kappa shape index (κ2) is 53.9. The molecule has 23 nitrogen and oxygen atoms in total. The van der Waals surface area contributed by atoms with E-state index in [1.807, 2.05) is 138 Å². The number of carboxylic acids is 1. The zero-order valence-corrected chi connectivity index (χ0v) is 81.4. The molecular formula is C70H147O23P7S6. The summed E-state index contributed by atoms with van der Waals surface area (Å²) in [6, 6.07) is 0. The summed E-state index contributed by atoms with van der Waals surface area (Å²) in [5.74, 6) is 0.195. The minimum absolute atomic E-state index is 0.00563. The van der Waals surface area contributed by atoms with Gasteiger partial charge in [0.15, 0.2) is 0 Å². The van der Waals surface area contributed by atoms with Gasteiger partial charge in [-0.25, -0.2) is 27.4 Å². The van der Waals surface area contributed by atoms with Crippen LogP contribution in [0.2, 0.25) is 0 Å². The summed E-state index contributed by atoms with van der Waals surface area (Å²) in [6.45, 7) is 32.6. The third-order valence-corrected chi connectivity index (χ3v) is 41.1. The monoisotopic (exact) mass is 1760 g/mol. The fraction of sp³-hybridized carbons (Fsp3) is 0.986. The van der Waals surface area contributed by atoms with Crippen LogP contribution in [0.1, 0.15) is 272 Å². The van der Waals surface area contributed by atoms with Crippen LogP contribution < -0.4 is 0 Å². The molecule has 16 atom stereocenters. The van der Waals surface area contributed by atoms with Crippen molar-refractivity contribution < 1.29 is 105 Å². The van der Waals surface area contributed by atoms with Crippen LogP contribution in [0.5, 0.6) is 0 Å². The first-order valence-corrected chi connectivity index (χ1v) is 58.9. The van der Waals surface area contributed by atoms with Crippen molar-refractivity contribution in [3.63, 3.8) is 0 Å². The Hall–Kier alpha value is 2.62. The number of aliphatic carboxylic acids is 1. The van der Waals surface area contributed by atoms with Gasteiger partial charge in [0.2, 0.25) is 0 Å². The lowest BCUT2D eigenvalue weighted by molar-refractivity contribution is -0.136. The molecule has 0 bridgehead atoms. The van der Waals surface area contributed by atoms with Crippen molar-refractivity contribution in [3.8, 4) is 0 Å². The molecule has 0 radical (unpaired) electrons. The Morgan fingerprint density at radius 3 is 0.585 bits per heavy atom. The van der Waals surface area contributed by atoms with E-state index in [-0.39, 0.29) is 94.4 Å². The molecule has 0 spiro atoms. The Morgan fingerprint density at radius 2 is 0.406 bits per heavy atom. The van der Waals surface area contributed by atoms with Crippen molar-refractivity contribution in [1.82, 2.24) is 0 Å². The topological polar surface area (TPSA) is 286 Å². The van der Waals surface area contributed by atoms with Gasteiger partial charge in [0.05, 0.1) is 98.0 Å². The van der Waals surface area contributed by atoms with Gasteiger partial charge in [0.1, 0.15) is 0 Å². The number of hydrogen-bond donors (Lipinski definition) is 1. The van der Waals surface area contributed by atoms with Gasteiger partial charge >= 0.3 is 54.4 Å². The molecule has 0 aliphatic heterocycles. The first-order valence-electron chi connectivity index (χ1n) is 38.4. The van der Waals surface area contributed by atoms with Crippen LogP contribution in [0.4, 0.5) is 0 Å². The number of rotatable bonds is 66. The number of hydrogen-bond acceptors (Lipinski definition) is 28. The molecule has 0 rings (SSSR count). The predicted octanol–water partition coefficient (Wildman–Crippen LogP) is 27.1. The molecule has 1 N–H and O–H groups in total. The Bertz CT molecular complexity index is 2370. The molecule has 0 heterocycles. The van der Waals surface area contributed by atoms with Crippen molar-refractivity contribution in [3.05, 3.63) is 0 Å². The summed E-state index contributed by atoms with van der Waals surface area (Å²) in [4.78, 5) is 12.0. The van der Waals surface area contributed by atoms with Gasteiger partial charge in [-0.05, 0) is 270 Å². The first-order chi connectivity index (χ1) is 48.5. The van der Waals surface area contributed by atoms with E-state index in [0.717, 1.165) is 56.9 Å². The quantitative estimate of drug-likeness (QED) is 0.0554. The van der Waals surface area contributed by atoms with E-state index in [4.69, 9.17) is 63.3 Å². The van der Waals surface area contributed by atoms with Gasteiger partial charge in [-0.2, -0.15) is 0 Å². The van der Waals surface area contributed by atoms with Crippen molar-refractivity contribution in [1.29, 1.82) is 0 Å². The van der Waals surface area contributed by atoms with E-state index >= 15 is 13.7 Å². The molecule has 0 saturated heterocycles. The highest BCUT2D eigenvalue weighted by Crippen LogP contribution is 2.71. The average molecular weight is 1770 g/mol. The summed E-state index contributed by atoms with van der Waals surface area (Å²) in [5, 5.41) is 9.76. The van der Waals surface area contributed by atoms with Crippen LogP contribution in [-0.2, 0) is 100 Å². The van der Waals surface area contributed by atoms with Crippen molar-refractivity contribution >= 4 is 123 Å². The zero-order valence-electron chi connectivity index (χ0n) is 70.2. The van der Waals surface area contributed by atoms with Gasteiger partial charge in [0, 0.05) is 34.5 Å². The lowest BCUT2D eigenvalue weighted by Crippen LogP contribution is -2.20. The second-order valence-corrected chi connectivity index (χ2v) is 58.4. The van der Waals surface area contributed by atoms with E-state index in [2.05, 4.69) is 27.7 Å². The molecule has 106 heavy (non-hydrogen) atoms. The maximum Gasteiger partial charge on any atom is 0.389 e. The molecule has 0 fully saturated rings. The molecule has 0 aromatic carbocycles. The summed E-state index contributed by atoms with van der Waals surface area (Å²) in [5.41, 5.74) is 0. The third kappa shape index (κ3) is 54.6. The van der Waals surface area contributed by atoms with Gasteiger partial charge in [0.25, 0.3) is 0 Å². The van der Waals surface area contributed by atoms with E-state index in [1.54, 1.807) is 41.5 Å². The molecule has 0 aromatic rings. The van der Waals surface area contributed by atoms with E-state index in [9.17, 15) is 28.2 Å². The maximum absolute atomic E-state index is 15.5. The molecule has 0 aliphatic rings. The fourth-order valence-corrected chi connectivity index (χ4v) is 38.4. The van der Waals surface area contributed by atoms with Crippen LogP contribution >= 0.6 is 117 Å². The molecule has 636 valence electrons. The SMILES string of the molecule is CC(C)CC(C)OP(=O)(CCC(C)OP(=O)(OC(C)CSP(=O)(OC(C)CC(C)C)OC(C)CC(C)C)SCC(C)OP(=O)(OC(C)CSP(=O)(OC(C)CSP(=O)(OC(C)CC(C)C)OC(C)CC(C)C)OC(C)CSP(=O)(OC(C)CC(C)C)OC(C)CC(C)C)SCCC(=O)O)OC(C)CC(C)C. The van der Waals surface area contributed by atoms with E-state index in [0.29, 0.717) is 62.7 Å². The average Bonchev–Trinajstić information content (AvgIpc) is 0.849. The van der Waals surface area contributed by atoms with Crippen molar-refractivity contribution in [2.45, 2.75) is 357 Å². The van der Waals surface area contributed by atoms with Crippen molar-refractivity contribution in [2.24, 2.45) is 47.3 Å². The molecule has 0 aliphatic carbocycles. The Kier molecular flexibility index (Phi) is 55.3. The molecule has 0 amide bonds. The van der Waals surface area contributed by atoms with Gasteiger partial charge in [-0.1, -0.05) is 111 Å². The van der Waals surface area contributed by atoms with Crippen LogP contribution in [0.15, 0.2) is 0 Å². The molecule has 16 unspecified atom stereocenters. The van der Waals surface area contributed by atoms with Crippen LogP contribution in [0.3, 0.4) is 0 Å². The number of carboxylic acid groups (broad SMARTS) is 1. The zero-order chi connectivity index (χ0) is 81.9. The highest BCUT2D eigenvalue weighted by Gasteiger charge is 2.42. The van der Waals surface area contributed by atoms with Crippen LogP contribution in [-0.4, -0.2) is 137 Å². The number of carbonyl (C=O) groups is 1. The minimum atomic E-state index is -4.41. The summed E-state index contributed by atoms with van der Waals surface area (Å²) < 4.78 is 193. The minimum Gasteiger partial charge on any atom is -0.481 e. The fourth-order valence-electron chi connectivity index (χ4n) is 11.3. The van der Waals surface area contributed by atoms with Gasteiger partial charge < -0.3 is 14.2 Å². The highest BCUT2D eigenvalue weighted by atomic mass is 32.7. The van der Waals surface area contributed by atoms with Gasteiger partial charge in [-0.15, -0.1) is 0 Å². The molecular weight excluding hydrogens is 1620 g/mol. The van der Waals surface area contributed by atoms with Crippen molar-refractivity contribution in [2.75, 3.05) is 40.7 Å². The largest absolute Gasteiger partial charge is 0.481 e. The molecule has 0 aromatic heterocycles. The first kappa shape index (κ1) is 109.